The second-order valence-corrected chi connectivity index (χ2v) is 8.00. The van der Waals surface area contributed by atoms with Crippen molar-refractivity contribution >= 4 is 46.1 Å². The van der Waals surface area contributed by atoms with E-state index >= 15 is 0 Å². The van der Waals surface area contributed by atoms with Crippen molar-refractivity contribution in [1.29, 1.82) is 0 Å². The van der Waals surface area contributed by atoms with Crippen molar-refractivity contribution in [3.05, 3.63) is 106 Å². The fourth-order valence-corrected chi connectivity index (χ4v) is 3.85. The largest absolute Gasteiger partial charge is 0.493 e. The Morgan fingerprint density at radius 3 is 2.61 bits per heavy atom. The number of methoxy groups -OCH3 is 1. The highest BCUT2D eigenvalue weighted by atomic mass is 35.5. The second-order valence-electron chi connectivity index (χ2n) is 7.16. The Morgan fingerprint density at radius 2 is 1.79 bits per heavy atom. The molecule has 0 saturated heterocycles. The lowest BCUT2D eigenvalue weighted by Gasteiger charge is -2.13. The van der Waals surface area contributed by atoms with E-state index in [1.54, 1.807) is 31.4 Å². The van der Waals surface area contributed by atoms with Crippen LogP contribution in [0.3, 0.4) is 0 Å². The topological polar surface area (TPSA) is 59.9 Å². The summed E-state index contributed by atoms with van der Waals surface area (Å²) in [4.78, 5) is 12.3. The van der Waals surface area contributed by atoms with Gasteiger partial charge in [-0.15, -0.1) is 0 Å². The number of amides is 1. The number of hydrogen-bond donors (Lipinski definition) is 1. The van der Waals surface area contributed by atoms with Gasteiger partial charge >= 0.3 is 0 Å². The fraction of sp³-hybridized carbons (Fsp3) is 0.0769. The van der Waals surface area contributed by atoms with Crippen molar-refractivity contribution in [2.24, 2.45) is 5.10 Å². The summed E-state index contributed by atoms with van der Waals surface area (Å²) >= 11 is 11.9. The van der Waals surface area contributed by atoms with Crippen molar-refractivity contribution in [1.82, 2.24) is 5.43 Å². The third-order valence-electron chi connectivity index (χ3n) is 5.01. The summed E-state index contributed by atoms with van der Waals surface area (Å²) < 4.78 is 11.5. The maximum absolute atomic E-state index is 12.3. The predicted molar refractivity (Wildman–Crippen MR) is 133 cm³/mol. The molecule has 1 N–H and O–H groups in total. The summed E-state index contributed by atoms with van der Waals surface area (Å²) in [5.41, 5.74) is 4.55. The molecule has 0 aliphatic carbocycles. The summed E-state index contributed by atoms with van der Waals surface area (Å²) in [6, 6.07) is 24.3. The molecule has 0 saturated carbocycles. The molecule has 0 spiro atoms. The molecular formula is C26H20Cl2N2O3. The van der Waals surface area contributed by atoms with Crippen LogP contribution in [0, 0.1) is 0 Å². The Hall–Kier alpha value is -3.54. The minimum Gasteiger partial charge on any atom is -0.493 e. The Labute approximate surface area is 201 Å². The molecule has 0 aliphatic rings. The van der Waals surface area contributed by atoms with Gasteiger partial charge in [-0.2, -0.15) is 5.10 Å². The first-order valence-electron chi connectivity index (χ1n) is 10.1. The molecule has 0 aliphatic heterocycles. The van der Waals surface area contributed by atoms with Gasteiger partial charge in [0.1, 0.15) is 6.61 Å². The number of hydrazone groups is 1. The van der Waals surface area contributed by atoms with Gasteiger partial charge in [0.15, 0.2) is 11.5 Å². The second kappa shape index (κ2) is 10.4. The van der Waals surface area contributed by atoms with Gasteiger partial charge < -0.3 is 9.47 Å². The van der Waals surface area contributed by atoms with E-state index in [2.05, 4.69) is 28.7 Å². The molecule has 1 amide bonds. The van der Waals surface area contributed by atoms with Crippen molar-refractivity contribution < 1.29 is 14.3 Å². The highest BCUT2D eigenvalue weighted by Crippen LogP contribution is 2.29. The van der Waals surface area contributed by atoms with Crippen molar-refractivity contribution in [3.63, 3.8) is 0 Å². The van der Waals surface area contributed by atoms with E-state index in [1.807, 2.05) is 30.3 Å². The number of halogens is 2. The first kappa shape index (κ1) is 22.6. The smallest absolute Gasteiger partial charge is 0.272 e. The van der Waals surface area contributed by atoms with E-state index in [1.165, 1.54) is 12.3 Å². The molecule has 0 aromatic heterocycles. The minimum atomic E-state index is -0.436. The Morgan fingerprint density at radius 1 is 0.970 bits per heavy atom. The van der Waals surface area contributed by atoms with Crippen LogP contribution in [0.4, 0.5) is 0 Å². The maximum Gasteiger partial charge on any atom is 0.272 e. The quantitative estimate of drug-likeness (QED) is 0.243. The predicted octanol–water partition coefficient (Wildman–Crippen LogP) is 6.50. The average Bonchev–Trinajstić information content (AvgIpc) is 2.82. The number of nitrogens with one attached hydrogen (secondary N) is 1. The summed E-state index contributed by atoms with van der Waals surface area (Å²) in [5, 5.41) is 7.03. The zero-order valence-electron chi connectivity index (χ0n) is 17.7. The zero-order chi connectivity index (χ0) is 23.2. The first-order valence-corrected chi connectivity index (χ1v) is 10.9. The van der Waals surface area contributed by atoms with E-state index < -0.39 is 5.91 Å². The Balaban J connectivity index is 1.47. The molecule has 0 fully saturated rings. The molecular weight excluding hydrogens is 459 g/mol. The van der Waals surface area contributed by atoms with Crippen LogP contribution >= 0.6 is 23.2 Å². The molecule has 7 heteroatoms. The first-order chi connectivity index (χ1) is 16.0. The summed E-state index contributed by atoms with van der Waals surface area (Å²) in [6.45, 7) is 0.379. The van der Waals surface area contributed by atoms with Crippen LogP contribution in [0.1, 0.15) is 21.5 Å². The van der Waals surface area contributed by atoms with E-state index in [-0.39, 0.29) is 10.6 Å². The number of ether oxygens (including phenoxy) is 2. The number of benzene rings is 4. The highest BCUT2D eigenvalue weighted by Gasteiger charge is 2.10. The number of nitrogens with zero attached hydrogens (tertiary/aromatic N) is 1. The molecule has 4 aromatic carbocycles. The van der Waals surface area contributed by atoms with Gasteiger partial charge in [-0.1, -0.05) is 65.7 Å². The van der Waals surface area contributed by atoms with Gasteiger partial charge in [-0.25, -0.2) is 5.43 Å². The van der Waals surface area contributed by atoms with Gasteiger partial charge in [0.25, 0.3) is 5.91 Å². The van der Waals surface area contributed by atoms with Crippen LogP contribution in [-0.4, -0.2) is 19.2 Å². The SMILES string of the molecule is COc1ccc(/C=N\NC(=O)c2ccc(Cl)cc2Cl)cc1OCc1cccc2ccccc12. The Bertz CT molecular complexity index is 1330. The molecule has 0 heterocycles. The van der Waals surface area contributed by atoms with E-state index in [9.17, 15) is 4.79 Å². The van der Waals surface area contributed by atoms with Crippen molar-refractivity contribution in [3.8, 4) is 11.5 Å². The molecule has 4 aromatic rings. The van der Waals surface area contributed by atoms with Gasteiger partial charge in [0.2, 0.25) is 0 Å². The van der Waals surface area contributed by atoms with Gasteiger partial charge in [0.05, 0.1) is 23.9 Å². The molecule has 166 valence electrons. The lowest BCUT2D eigenvalue weighted by Crippen LogP contribution is -2.18. The summed E-state index contributed by atoms with van der Waals surface area (Å²) in [5.74, 6) is 0.736. The van der Waals surface area contributed by atoms with Crippen LogP contribution in [0.15, 0.2) is 84.0 Å². The van der Waals surface area contributed by atoms with Gasteiger partial charge in [0, 0.05) is 5.02 Å². The molecule has 0 radical (unpaired) electrons. The van der Waals surface area contributed by atoms with Gasteiger partial charge in [-0.05, 0) is 58.3 Å². The molecule has 33 heavy (non-hydrogen) atoms. The Kier molecular flexibility index (Phi) is 7.13. The summed E-state index contributed by atoms with van der Waals surface area (Å²) in [7, 11) is 1.59. The normalized spacial score (nSPS) is 11.0. The minimum absolute atomic E-state index is 0.253. The number of rotatable bonds is 7. The van der Waals surface area contributed by atoms with Crippen molar-refractivity contribution in [2.75, 3.05) is 7.11 Å². The standard InChI is InChI=1S/C26H20Cl2N2O3/c1-32-24-12-9-17(15-29-30-26(31)22-11-10-20(27)14-23(22)28)13-25(24)33-16-19-7-4-6-18-5-2-3-8-21(18)19/h2-15H,16H2,1H3,(H,30,31)/b29-15-. The summed E-state index contributed by atoms with van der Waals surface area (Å²) in [6.07, 6.45) is 1.52. The fourth-order valence-electron chi connectivity index (χ4n) is 3.36. The van der Waals surface area contributed by atoms with Crippen LogP contribution < -0.4 is 14.9 Å². The van der Waals surface area contributed by atoms with E-state index in [4.69, 9.17) is 32.7 Å². The highest BCUT2D eigenvalue weighted by molar-refractivity contribution is 6.36. The maximum atomic E-state index is 12.3. The molecule has 0 atom stereocenters. The molecule has 0 bridgehead atoms. The molecule has 0 unspecified atom stereocenters. The number of hydrogen-bond acceptors (Lipinski definition) is 4. The lowest BCUT2D eigenvalue weighted by atomic mass is 10.1. The van der Waals surface area contributed by atoms with Gasteiger partial charge in [-0.3, -0.25) is 4.79 Å². The average molecular weight is 479 g/mol. The zero-order valence-corrected chi connectivity index (χ0v) is 19.2. The number of fused-ring (bicyclic) bond motifs is 1. The van der Waals surface area contributed by atoms with E-state index in [0.29, 0.717) is 23.1 Å². The molecule has 4 rings (SSSR count). The van der Waals surface area contributed by atoms with Crippen LogP contribution in [-0.2, 0) is 6.61 Å². The monoisotopic (exact) mass is 478 g/mol. The van der Waals surface area contributed by atoms with Crippen LogP contribution in [0.25, 0.3) is 10.8 Å². The van der Waals surface area contributed by atoms with Crippen LogP contribution in [0.2, 0.25) is 10.0 Å². The molecule has 5 nitrogen and oxygen atoms in total. The van der Waals surface area contributed by atoms with Crippen molar-refractivity contribution in [2.45, 2.75) is 6.61 Å². The third kappa shape index (κ3) is 5.45. The van der Waals surface area contributed by atoms with E-state index in [0.717, 1.165) is 21.9 Å². The lowest BCUT2D eigenvalue weighted by molar-refractivity contribution is 0.0955. The number of carbonyl (C=O) groups excluding carboxylic acids is 1. The van der Waals surface area contributed by atoms with Crippen LogP contribution in [0.5, 0.6) is 11.5 Å². The third-order valence-corrected chi connectivity index (χ3v) is 5.55. The number of carbonyl (C=O) groups is 1.